The van der Waals surface area contributed by atoms with Gasteiger partial charge < -0.3 is 0 Å². The number of carbonyl (C=O) groups is 2. The molecule has 1 aromatic rings. The zero-order valence-electron chi connectivity index (χ0n) is 7.91. The lowest BCUT2D eigenvalue weighted by Gasteiger charge is -2.05. The summed E-state index contributed by atoms with van der Waals surface area (Å²) >= 11 is 0. The summed E-state index contributed by atoms with van der Waals surface area (Å²) in [6.45, 7) is 1.71. The highest BCUT2D eigenvalue weighted by atomic mass is 16.2. The smallest absolute Gasteiger partial charge is 0.269 e. The minimum Gasteiger partial charge on any atom is -0.273 e. The van der Waals surface area contributed by atoms with Gasteiger partial charge in [-0.15, -0.1) is 0 Å². The van der Waals surface area contributed by atoms with Crippen molar-refractivity contribution in [2.45, 2.75) is 13.3 Å². The summed E-state index contributed by atoms with van der Waals surface area (Å²) < 4.78 is 0. The van der Waals surface area contributed by atoms with Crippen LogP contribution in [0.2, 0.25) is 0 Å². The van der Waals surface area contributed by atoms with Crippen molar-refractivity contribution < 1.29 is 9.59 Å². The Kier molecular flexibility index (Phi) is 3.67. The number of rotatable bonds is 2. The molecule has 4 heteroatoms. The fraction of sp³-hybridized carbons (Fsp3) is 0.200. The van der Waals surface area contributed by atoms with Gasteiger partial charge in [0.1, 0.15) is 0 Å². The van der Waals surface area contributed by atoms with Crippen LogP contribution in [-0.2, 0) is 4.79 Å². The van der Waals surface area contributed by atoms with E-state index in [4.69, 9.17) is 0 Å². The summed E-state index contributed by atoms with van der Waals surface area (Å²) in [5.41, 5.74) is 5.12. The monoisotopic (exact) mass is 192 g/mol. The standard InChI is InChI=1S/C10H12N2O2/c1-2-9(13)11-12-10(14)8-6-4-3-5-7-8/h3-7H,2H2,1H3,(H,11,13)(H,12,14). The third kappa shape index (κ3) is 2.90. The van der Waals surface area contributed by atoms with Crippen molar-refractivity contribution in [1.29, 1.82) is 0 Å². The largest absolute Gasteiger partial charge is 0.273 e. The highest BCUT2D eigenvalue weighted by Crippen LogP contribution is 1.96. The van der Waals surface area contributed by atoms with Crippen molar-refractivity contribution in [3.8, 4) is 0 Å². The Hall–Kier alpha value is -1.84. The fourth-order valence-corrected chi connectivity index (χ4v) is 0.877. The topological polar surface area (TPSA) is 58.2 Å². The molecule has 1 aromatic carbocycles. The highest BCUT2D eigenvalue weighted by molar-refractivity contribution is 5.95. The molecule has 0 heterocycles. The van der Waals surface area contributed by atoms with Crippen molar-refractivity contribution in [1.82, 2.24) is 10.9 Å². The zero-order valence-corrected chi connectivity index (χ0v) is 7.91. The Balaban J connectivity index is 2.48. The summed E-state index contributed by atoms with van der Waals surface area (Å²) in [7, 11) is 0. The van der Waals surface area contributed by atoms with Crippen LogP contribution in [0, 0.1) is 0 Å². The molecule has 0 aromatic heterocycles. The first kappa shape index (κ1) is 10.2. The number of amides is 2. The SMILES string of the molecule is CCC(=O)NNC(=O)c1ccccc1. The second kappa shape index (κ2) is 5.01. The Morgan fingerprint density at radius 2 is 1.79 bits per heavy atom. The van der Waals surface area contributed by atoms with E-state index in [9.17, 15) is 9.59 Å². The highest BCUT2D eigenvalue weighted by Gasteiger charge is 2.04. The second-order valence-corrected chi connectivity index (χ2v) is 2.72. The number of hydrogen-bond acceptors (Lipinski definition) is 2. The zero-order chi connectivity index (χ0) is 10.4. The lowest BCUT2D eigenvalue weighted by Crippen LogP contribution is -2.41. The van der Waals surface area contributed by atoms with Crippen LogP contribution >= 0.6 is 0 Å². The van der Waals surface area contributed by atoms with E-state index in [1.165, 1.54) is 0 Å². The Bertz CT molecular complexity index is 322. The number of hydrogen-bond donors (Lipinski definition) is 2. The maximum atomic E-state index is 11.3. The molecule has 0 radical (unpaired) electrons. The molecule has 2 amide bonds. The van der Waals surface area contributed by atoms with Gasteiger partial charge in [0, 0.05) is 12.0 Å². The van der Waals surface area contributed by atoms with E-state index in [1.807, 2.05) is 6.07 Å². The van der Waals surface area contributed by atoms with Gasteiger partial charge >= 0.3 is 0 Å². The molecule has 74 valence electrons. The summed E-state index contributed by atoms with van der Waals surface area (Å²) in [4.78, 5) is 22.2. The van der Waals surface area contributed by atoms with Crippen molar-refractivity contribution in [3.63, 3.8) is 0 Å². The van der Waals surface area contributed by atoms with Crippen LogP contribution in [-0.4, -0.2) is 11.8 Å². The third-order valence-electron chi connectivity index (χ3n) is 1.67. The lowest BCUT2D eigenvalue weighted by molar-refractivity contribution is -0.121. The Morgan fingerprint density at radius 3 is 2.36 bits per heavy atom. The molecular weight excluding hydrogens is 180 g/mol. The quantitative estimate of drug-likeness (QED) is 0.683. The molecule has 14 heavy (non-hydrogen) atoms. The van der Waals surface area contributed by atoms with Crippen molar-refractivity contribution in [2.24, 2.45) is 0 Å². The van der Waals surface area contributed by atoms with Gasteiger partial charge in [0.15, 0.2) is 0 Å². The third-order valence-corrected chi connectivity index (χ3v) is 1.67. The van der Waals surface area contributed by atoms with Gasteiger partial charge in [0.2, 0.25) is 5.91 Å². The van der Waals surface area contributed by atoms with Crippen LogP contribution in [0.15, 0.2) is 30.3 Å². The molecule has 0 aliphatic carbocycles. The van der Waals surface area contributed by atoms with E-state index < -0.39 is 0 Å². The van der Waals surface area contributed by atoms with E-state index >= 15 is 0 Å². The van der Waals surface area contributed by atoms with Crippen molar-refractivity contribution >= 4 is 11.8 Å². The maximum absolute atomic E-state index is 11.3. The molecule has 1 rings (SSSR count). The van der Waals surface area contributed by atoms with E-state index in [1.54, 1.807) is 31.2 Å². The van der Waals surface area contributed by atoms with Gasteiger partial charge in [-0.3, -0.25) is 20.4 Å². The number of hydrazine groups is 1. The van der Waals surface area contributed by atoms with Crippen LogP contribution in [0.25, 0.3) is 0 Å². The summed E-state index contributed by atoms with van der Waals surface area (Å²) in [5.74, 6) is -0.526. The van der Waals surface area contributed by atoms with Crippen LogP contribution in [0.3, 0.4) is 0 Å². The first-order chi connectivity index (χ1) is 6.74. The molecule has 4 nitrogen and oxygen atoms in total. The Labute approximate surface area is 82.3 Å². The molecule has 2 N–H and O–H groups in total. The van der Waals surface area contributed by atoms with Gasteiger partial charge in [-0.1, -0.05) is 25.1 Å². The molecule has 0 saturated carbocycles. The summed E-state index contributed by atoms with van der Waals surface area (Å²) in [5, 5.41) is 0. The maximum Gasteiger partial charge on any atom is 0.269 e. The molecular formula is C10H12N2O2. The average molecular weight is 192 g/mol. The second-order valence-electron chi connectivity index (χ2n) is 2.72. The molecule has 0 unspecified atom stereocenters. The first-order valence-corrected chi connectivity index (χ1v) is 4.38. The van der Waals surface area contributed by atoms with Gasteiger partial charge in [0.25, 0.3) is 5.91 Å². The predicted molar refractivity (Wildman–Crippen MR) is 52.3 cm³/mol. The predicted octanol–water partition coefficient (Wildman–Crippen LogP) is 0.858. The minimum absolute atomic E-state index is 0.214. The summed E-state index contributed by atoms with van der Waals surface area (Å²) in [6.07, 6.45) is 0.342. The van der Waals surface area contributed by atoms with Crippen LogP contribution in [0.4, 0.5) is 0 Å². The van der Waals surface area contributed by atoms with Gasteiger partial charge in [-0.2, -0.15) is 0 Å². The van der Waals surface area contributed by atoms with E-state index in [0.29, 0.717) is 12.0 Å². The lowest BCUT2D eigenvalue weighted by atomic mass is 10.2. The number of nitrogens with one attached hydrogen (secondary N) is 2. The molecule has 0 atom stereocenters. The first-order valence-electron chi connectivity index (χ1n) is 4.38. The minimum atomic E-state index is -0.313. The molecule has 0 fully saturated rings. The van der Waals surface area contributed by atoms with E-state index in [2.05, 4.69) is 10.9 Å². The Morgan fingerprint density at radius 1 is 1.14 bits per heavy atom. The number of carbonyl (C=O) groups excluding carboxylic acids is 2. The van der Waals surface area contributed by atoms with Crippen molar-refractivity contribution in [3.05, 3.63) is 35.9 Å². The number of benzene rings is 1. The molecule has 0 spiro atoms. The van der Waals surface area contributed by atoms with Gasteiger partial charge in [0.05, 0.1) is 0 Å². The van der Waals surface area contributed by atoms with Crippen LogP contribution in [0.5, 0.6) is 0 Å². The molecule has 0 aliphatic rings. The van der Waals surface area contributed by atoms with Crippen molar-refractivity contribution in [2.75, 3.05) is 0 Å². The molecule has 0 aliphatic heterocycles. The normalized spacial score (nSPS) is 9.21. The summed E-state index contributed by atoms with van der Waals surface area (Å²) in [6, 6.07) is 8.69. The van der Waals surface area contributed by atoms with E-state index in [-0.39, 0.29) is 11.8 Å². The van der Waals surface area contributed by atoms with Gasteiger partial charge in [-0.25, -0.2) is 0 Å². The van der Waals surface area contributed by atoms with Crippen LogP contribution in [0.1, 0.15) is 23.7 Å². The average Bonchev–Trinajstić information content (AvgIpc) is 2.26. The molecule has 0 bridgehead atoms. The van der Waals surface area contributed by atoms with Gasteiger partial charge in [-0.05, 0) is 12.1 Å². The fourth-order valence-electron chi connectivity index (χ4n) is 0.877. The molecule has 0 saturated heterocycles. The van der Waals surface area contributed by atoms with E-state index in [0.717, 1.165) is 0 Å². The van der Waals surface area contributed by atoms with Crippen LogP contribution < -0.4 is 10.9 Å².